The number of alkyl halides is 2. The molecule has 0 saturated carbocycles. The number of rotatable bonds is 3. The number of halogens is 2. The fourth-order valence-corrected chi connectivity index (χ4v) is 0.657. The van der Waals surface area contributed by atoms with Crippen molar-refractivity contribution in [3.8, 4) is 5.88 Å². The molecule has 0 N–H and O–H groups in total. The normalized spacial score (nSPS) is 10.3. The van der Waals surface area contributed by atoms with Crippen molar-refractivity contribution in [1.29, 1.82) is 0 Å². The molecule has 0 spiro atoms. The fraction of sp³-hybridized carbons (Fsp3) is 0.429. The molecule has 0 fully saturated rings. The molecule has 1 rings (SSSR count). The van der Waals surface area contributed by atoms with Gasteiger partial charge >= 0.3 is 0 Å². The Balaban J connectivity index is 2.52. The summed E-state index contributed by atoms with van der Waals surface area (Å²) in [6, 6.07) is 1.50. The fourth-order valence-electron chi connectivity index (χ4n) is 0.657. The molecule has 12 heavy (non-hydrogen) atoms. The second-order valence-electron chi connectivity index (χ2n) is 2.20. The van der Waals surface area contributed by atoms with Gasteiger partial charge in [-0.05, 0) is 6.92 Å². The van der Waals surface area contributed by atoms with E-state index in [2.05, 4.69) is 14.7 Å². The third-order valence-corrected chi connectivity index (χ3v) is 1.14. The largest absolute Gasteiger partial charge is 0.472 e. The van der Waals surface area contributed by atoms with Crippen LogP contribution in [0.2, 0.25) is 0 Å². The van der Waals surface area contributed by atoms with E-state index >= 15 is 0 Å². The third kappa shape index (κ3) is 2.77. The molecule has 0 amide bonds. The predicted molar refractivity (Wildman–Crippen MR) is 38.3 cm³/mol. The van der Waals surface area contributed by atoms with Crippen LogP contribution in [0.25, 0.3) is 0 Å². The van der Waals surface area contributed by atoms with Gasteiger partial charge in [0.05, 0.1) is 0 Å². The minimum absolute atomic E-state index is 0.183. The van der Waals surface area contributed by atoms with E-state index in [-0.39, 0.29) is 5.88 Å². The first-order valence-corrected chi connectivity index (χ1v) is 3.38. The first-order chi connectivity index (χ1) is 5.68. The Morgan fingerprint density at radius 2 is 2.25 bits per heavy atom. The minimum Gasteiger partial charge on any atom is -0.472 e. The van der Waals surface area contributed by atoms with Gasteiger partial charge in [-0.15, -0.1) is 0 Å². The quantitative estimate of drug-likeness (QED) is 0.695. The van der Waals surface area contributed by atoms with Crippen LogP contribution in [-0.4, -0.2) is 23.0 Å². The number of ether oxygens (including phenoxy) is 1. The van der Waals surface area contributed by atoms with E-state index in [1.54, 1.807) is 6.92 Å². The highest BCUT2D eigenvalue weighted by molar-refractivity contribution is 5.11. The molecule has 0 bridgehead atoms. The van der Waals surface area contributed by atoms with Gasteiger partial charge in [0.2, 0.25) is 5.88 Å². The Morgan fingerprint density at radius 1 is 1.50 bits per heavy atom. The first kappa shape index (κ1) is 8.83. The van der Waals surface area contributed by atoms with E-state index < -0.39 is 13.0 Å². The van der Waals surface area contributed by atoms with Crippen LogP contribution in [0.5, 0.6) is 5.88 Å². The Kier molecular flexibility index (Phi) is 2.90. The van der Waals surface area contributed by atoms with Gasteiger partial charge in [-0.2, -0.15) is 0 Å². The first-order valence-electron chi connectivity index (χ1n) is 3.38. The molecular formula is C7H8F2N2O. The molecule has 0 aliphatic heterocycles. The van der Waals surface area contributed by atoms with Crippen LogP contribution in [-0.2, 0) is 0 Å². The number of nitrogens with zero attached hydrogens (tertiary/aromatic N) is 2. The molecule has 0 atom stereocenters. The zero-order chi connectivity index (χ0) is 8.97. The SMILES string of the molecule is Cc1cc(OCC(F)F)ncn1. The van der Waals surface area contributed by atoms with Crippen LogP contribution in [0.4, 0.5) is 8.78 Å². The Labute approximate surface area is 68.4 Å². The summed E-state index contributed by atoms with van der Waals surface area (Å²) in [7, 11) is 0. The van der Waals surface area contributed by atoms with E-state index in [0.29, 0.717) is 5.69 Å². The van der Waals surface area contributed by atoms with Gasteiger partial charge < -0.3 is 4.74 Å². The van der Waals surface area contributed by atoms with E-state index in [9.17, 15) is 8.78 Å². The Bertz CT molecular complexity index is 255. The summed E-state index contributed by atoms with van der Waals surface area (Å²) in [4.78, 5) is 7.43. The van der Waals surface area contributed by atoms with Crippen molar-refractivity contribution in [2.45, 2.75) is 13.3 Å². The molecule has 1 aromatic heterocycles. The van der Waals surface area contributed by atoms with Gasteiger partial charge in [0.25, 0.3) is 6.43 Å². The molecule has 0 aliphatic carbocycles. The summed E-state index contributed by atoms with van der Waals surface area (Å²) in [5, 5.41) is 0. The van der Waals surface area contributed by atoms with Gasteiger partial charge in [0.15, 0.2) is 6.61 Å². The summed E-state index contributed by atoms with van der Waals surface area (Å²) >= 11 is 0. The van der Waals surface area contributed by atoms with E-state index in [4.69, 9.17) is 0 Å². The van der Waals surface area contributed by atoms with Crippen LogP contribution in [0.3, 0.4) is 0 Å². The van der Waals surface area contributed by atoms with Crippen molar-refractivity contribution in [3.05, 3.63) is 18.1 Å². The van der Waals surface area contributed by atoms with Crippen molar-refractivity contribution >= 4 is 0 Å². The lowest BCUT2D eigenvalue weighted by molar-refractivity contribution is 0.0794. The molecule has 66 valence electrons. The second kappa shape index (κ2) is 3.94. The highest BCUT2D eigenvalue weighted by Gasteiger charge is 2.03. The van der Waals surface area contributed by atoms with Crippen LogP contribution in [0.1, 0.15) is 5.69 Å². The zero-order valence-electron chi connectivity index (χ0n) is 6.50. The molecule has 1 heterocycles. The van der Waals surface area contributed by atoms with Crippen LogP contribution >= 0.6 is 0 Å². The predicted octanol–water partition coefficient (Wildman–Crippen LogP) is 1.43. The van der Waals surface area contributed by atoms with Crippen LogP contribution in [0.15, 0.2) is 12.4 Å². The lowest BCUT2D eigenvalue weighted by atomic mass is 10.4. The van der Waals surface area contributed by atoms with E-state index in [1.165, 1.54) is 12.4 Å². The van der Waals surface area contributed by atoms with Crippen molar-refractivity contribution in [2.75, 3.05) is 6.61 Å². The second-order valence-corrected chi connectivity index (χ2v) is 2.20. The third-order valence-electron chi connectivity index (χ3n) is 1.14. The molecule has 1 aromatic rings. The molecule has 0 aromatic carbocycles. The van der Waals surface area contributed by atoms with Crippen molar-refractivity contribution in [2.24, 2.45) is 0 Å². The highest BCUT2D eigenvalue weighted by atomic mass is 19.3. The smallest absolute Gasteiger partial charge is 0.272 e. The molecule has 0 unspecified atom stereocenters. The molecule has 0 saturated heterocycles. The van der Waals surface area contributed by atoms with Crippen LogP contribution < -0.4 is 4.74 Å². The molecular weight excluding hydrogens is 166 g/mol. The van der Waals surface area contributed by atoms with Gasteiger partial charge in [-0.1, -0.05) is 0 Å². The van der Waals surface area contributed by atoms with Gasteiger partial charge in [0, 0.05) is 11.8 Å². The van der Waals surface area contributed by atoms with Gasteiger partial charge in [-0.3, -0.25) is 0 Å². The summed E-state index contributed by atoms with van der Waals surface area (Å²) < 4.78 is 28.0. The summed E-state index contributed by atoms with van der Waals surface area (Å²) in [5.41, 5.74) is 0.689. The maximum atomic E-state index is 11.7. The lowest BCUT2D eigenvalue weighted by Crippen LogP contribution is -2.08. The Hall–Kier alpha value is -1.26. The topological polar surface area (TPSA) is 35.0 Å². The van der Waals surface area contributed by atoms with Crippen molar-refractivity contribution < 1.29 is 13.5 Å². The number of aryl methyl sites for hydroxylation is 1. The number of hydrogen-bond acceptors (Lipinski definition) is 3. The molecule has 5 heteroatoms. The maximum Gasteiger partial charge on any atom is 0.272 e. The Morgan fingerprint density at radius 3 is 2.83 bits per heavy atom. The number of hydrogen-bond donors (Lipinski definition) is 0. The summed E-state index contributed by atoms with van der Waals surface area (Å²) in [6.07, 6.45) is -1.20. The average molecular weight is 174 g/mol. The summed E-state index contributed by atoms with van der Waals surface area (Å²) in [6.45, 7) is 1.10. The highest BCUT2D eigenvalue weighted by Crippen LogP contribution is 2.06. The van der Waals surface area contributed by atoms with Gasteiger partial charge in [0.1, 0.15) is 6.33 Å². The van der Waals surface area contributed by atoms with E-state index in [1.807, 2.05) is 0 Å². The number of aromatic nitrogens is 2. The summed E-state index contributed by atoms with van der Waals surface area (Å²) in [5.74, 6) is 0.183. The molecule has 0 aliphatic rings. The standard InChI is InChI=1S/C7H8F2N2O/c1-5-2-7(11-4-10-5)12-3-6(8)9/h2,4,6H,3H2,1H3. The van der Waals surface area contributed by atoms with Crippen molar-refractivity contribution in [1.82, 2.24) is 9.97 Å². The monoisotopic (exact) mass is 174 g/mol. The average Bonchev–Trinajstić information content (AvgIpc) is 2.01. The van der Waals surface area contributed by atoms with Crippen molar-refractivity contribution in [3.63, 3.8) is 0 Å². The minimum atomic E-state index is -2.47. The lowest BCUT2D eigenvalue weighted by Gasteiger charge is -2.03. The van der Waals surface area contributed by atoms with Crippen LogP contribution in [0, 0.1) is 6.92 Å². The molecule has 0 radical (unpaired) electrons. The maximum absolute atomic E-state index is 11.7. The molecule has 3 nitrogen and oxygen atoms in total. The van der Waals surface area contributed by atoms with Gasteiger partial charge in [-0.25, -0.2) is 18.7 Å². The van der Waals surface area contributed by atoms with E-state index in [0.717, 1.165) is 0 Å². The zero-order valence-corrected chi connectivity index (χ0v) is 6.50.